The van der Waals surface area contributed by atoms with E-state index >= 15 is 0 Å². The first kappa shape index (κ1) is 9.58. The third-order valence-electron chi connectivity index (χ3n) is 2.26. The SMILES string of the molecule is Cc1nccc2ccnc(CC(=O)O)c12. The molecule has 0 saturated carbocycles. The number of hydrogen-bond donors (Lipinski definition) is 1. The molecule has 1 N–H and O–H groups in total. The van der Waals surface area contributed by atoms with E-state index in [1.807, 2.05) is 19.1 Å². The monoisotopic (exact) mass is 202 g/mol. The lowest BCUT2D eigenvalue weighted by atomic mass is 10.1. The first-order valence-corrected chi connectivity index (χ1v) is 4.59. The number of pyridine rings is 2. The molecular weight excluding hydrogens is 192 g/mol. The minimum Gasteiger partial charge on any atom is -0.481 e. The Bertz CT molecular complexity index is 518. The summed E-state index contributed by atoms with van der Waals surface area (Å²) in [6, 6.07) is 3.71. The highest BCUT2D eigenvalue weighted by molar-refractivity contribution is 5.88. The zero-order chi connectivity index (χ0) is 10.8. The van der Waals surface area contributed by atoms with Gasteiger partial charge in [0.15, 0.2) is 0 Å². The van der Waals surface area contributed by atoms with Gasteiger partial charge in [-0.3, -0.25) is 14.8 Å². The van der Waals surface area contributed by atoms with Crippen LogP contribution in [0.3, 0.4) is 0 Å². The fraction of sp³-hybridized carbons (Fsp3) is 0.182. The number of rotatable bonds is 2. The largest absolute Gasteiger partial charge is 0.481 e. The van der Waals surface area contributed by atoms with Gasteiger partial charge in [0.05, 0.1) is 12.1 Å². The van der Waals surface area contributed by atoms with Gasteiger partial charge in [-0.15, -0.1) is 0 Å². The summed E-state index contributed by atoms with van der Waals surface area (Å²) in [7, 11) is 0. The van der Waals surface area contributed by atoms with Crippen LogP contribution >= 0.6 is 0 Å². The lowest BCUT2D eigenvalue weighted by molar-refractivity contribution is -0.136. The molecule has 2 rings (SSSR count). The highest BCUT2D eigenvalue weighted by atomic mass is 16.4. The summed E-state index contributed by atoms with van der Waals surface area (Å²) in [6.45, 7) is 1.86. The molecule has 76 valence electrons. The number of nitrogens with zero attached hydrogens (tertiary/aromatic N) is 2. The van der Waals surface area contributed by atoms with Gasteiger partial charge in [-0.1, -0.05) is 0 Å². The Kier molecular flexibility index (Phi) is 2.33. The minimum atomic E-state index is -0.877. The quantitative estimate of drug-likeness (QED) is 0.802. The van der Waals surface area contributed by atoms with Crippen molar-refractivity contribution in [3.05, 3.63) is 35.9 Å². The number of hydrogen-bond acceptors (Lipinski definition) is 3. The number of aliphatic carboxylic acids is 1. The van der Waals surface area contributed by atoms with Crippen molar-refractivity contribution in [1.29, 1.82) is 0 Å². The van der Waals surface area contributed by atoms with Crippen molar-refractivity contribution in [3.63, 3.8) is 0 Å². The number of fused-ring (bicyclic) bond motifs is 1. The van der Waals surface area contributed by atoms with Crippen LogP contribution in [0.1, 0.15) is 11.4 Å². The number of carboxylic acids is 1. The third-order valence-corrected chi connectivity index (χ3v) is 2.26. The van der Waals surface area contributed by atoms with E-state index in [9.17, 15) is 4.79 Å². The smallest absolute Gasteiger partial charge is 0.309 e. The molecular formula is C11H10N2O2. The van der Waals surface area contributed by atoms with Crippen LogP contribution in [-0.2, 0) is 11.2 Å². The molecule has 0 aliphatic heterocycles. The van der Waals surface area contributed by atoms with Crippen molar-refractivity contribution in [1.82, 2.24) is 9.97 Å². The molecule has 0 bridgehead atoms. The van der Waals surface area contributed by atoms with Crippen LogP contribution in [0, 0.1) is 6.92 Å². The van der Waals surface area contributed by atoms with E-state index in [4.69, 9.17) is 5.11 Å². The second-order valence-corrected chi connectivity index (χ2v) is 3.32. The second-order valence-electron chi connectivity index (χ2n) is 3.32. The van der Waals surface area contributed by atoms with Gasteiger partial charge in [0.25, 0.3) is 0 Å². The highest BCUT2D eigenvalue weighted by Gasteiger charge is 2.08. The molecule has 0 aromatic carbocycles. The fourth-order valence-corrected chi connectivity index (χ4v) is 1.65. The molecule has 0 amide bonds. The standard InChI is InChI=1S/C11H10N2O2/c1-7-11-8(2-4-12-7)3-5-13-9(11)6-10(14)15/h2-5H,6H2,1H3,(H,14,15). The molecule has 2 aromatic heterocycles. The molecule has 0 radical (unpaired) electrons. The normalized spacial score (nSPS) is 10.5. The Morgan fingerprint density at radius 3 is 2.67 bits per heavy atom. The molecule has 4 nitrogen and oxygen atoms in total. The van der Waals surface area contributed by atoms with Gasteiger partial charge >= 0.3 is 5.97 Å². The third kappa shape index (κ3) is 1.79. The summed E-state index contributed by atoms with van der Waals surface area (Å²) in [6.07, 6.45) is 3.27. The summed E-state index contributed by atoms with van der Waals surface area (Å²) in [5.74, 6) is -0.877. The van der Waals surface area contributed by atoms with E-state index in [-0.39, 0.29) is 6.42 Å². The predicted octanol–water partition coefficient (Wildman–Crippen LogP) is 1.57. The Labute approximate surface area is 86.6 Å². The van der Waals surface area contributed by atoms with E-state index < -0.39 is 5.97 Å². The molecule has 0 atom stereocenters. The molecule has 2 heterocycles. The lowest BCUT2D eigenvalue weighted by Gasteiger charge is -2.05. The van der Waals surface area contributed by atoms with Gasteiger partial charge in [-0.05, 0) is 24.4 Å². The minimum absolute atomic E-state index is 0.0656. The molecule has 15 heavy (non-hydrogen) atoms. The molecule has 0 fully saturated rings. The summed E-state index contributed by atoms with van der Waals surface area (Å²) in [5.41, 5.74) is 1.39. The zero-order valence-corrected chi connectivity index (χ0v) is 8.27. The number of aromatic nitrogens is 2. The van der Waals surface area contributed by atoms with Crippen molar-refractivity contribution in [2.45, 2.75) is 13.3 Å². The van der Waals surface area contributed by atoms with E-state index in [1.54, 1.807) is 12.4 Å². The zero-order valence-electron chi connectivity index (χ0n) is 8.27. The molecule has 0 saturated heterocycles. The van der Waals surface area contributed by atoms with E-state index in [0.29, 0.717) is 5.69 Å². The van der Waals surface area contributed by atoms with E-state index in [2.05, 4.69) is 9.97 Å². The summed E-state index contributed by atoms with van der Waals surface area (Å²) >= 11 is 0. The van der Waals surface area contributed by atoms with Crippen LogP contribution in [0.4, 0.5) is 0 Å². The fourth-order valence-electron chi connectivity index (χ4n) is 1.65. The first-order chi connectivity index (χ1) is 7.18. The van der Waals surface area contributed by atoms with Crippen LogP contribution in [0.15, 0.2) is 24.5 Å². The van der Waals surface area contributed by atoms with Crippen molar-refractivity contribution in [2.75, 3.05) is 0 Å². The van der Waals surface area contributed by atoms with Gasteiger partial charge in [0, 0.05) is 23.5 Å². The lowest BCUT2D eigenvalue weighted by Crippen LogP contribution is -2.04. The Morgan fingerprint density at radius 2 is 2.00 bits per heavy atom. The van der Waals surface area contributed by atoms with Crippen LogP contribution in [-0.4, -0.2) is 21.0 Å². The van der Waals surface area contributed by atoms with Gasteiger partial charge in [-0.2, -0.15) is 0 Å². The average Bonchev–Trinajstić information content (AvgIpc) is 2.17. The number of carbonyl (C=O) groups is 1. The van der Waals surface area contributed by atoms with Crippen molar-refractivity contribution in [3.8, 4) is 0 Å². The maximum Gasteiger partial charge on any atom is 0.309 e. The van der Waals surface area contributed by atoms with Gasteiger partial charge in [0.1, 0.15) is 0 Å². The van der Waals surface area contributed by atoms with Crippen LogP contribution < -0.4 is 0 Å². The molecule has 0 spiro atoms. The maximum atomic E-state index is 10.7. The first-order valence-electron chi connectivity index (χ1n) is 4.59. The summed E-state index contributed by atoms with van der Waals surface area (Å²) in [5, 5.41) is 10.6. The second kappa shape index (κ2) is 3.65. The Hall–Kier alpha value is -1.97. The van der Waals surface area contributed by atoms with Gasteiger partial charge in [0.2, 0.25) is 0 Å². The molecule has 0 aliphatic carbocycles. The molecule has 0 unspecified atom stereocenters. The number of carboxylic acid groups (broad SMARTS) is 1. The van der Waals surface area contributed by atoms with E-state index in [0.717, 1.165) is 16.5 Å². The topological polar surface area (TPSA) is 63.1 Å². The molecule has 2 aromatic rings. The predicted molar refractivity (Wildman–Crippen MR) is 55.6 cm³/mol. The Morgan fingerprint density at radius 1 is 1.33 bits per heavy atom. The van der Waals surface area contributed by atoms with Crippen LogP contribution in [0.2, 0.25) is 0 Å². The van der Waals surface area contributed by atoms with Crippen LogP contribution in [0.25, 0.3) is 10.8 Å². The van der Waals surface area contributed by atoms with Crippen molar-refractivity contribution in [2.24, 2.45) is 0 Å². The Balaban J connectivity index is 2.68. The average molecular weight is 202 g/mol. The van der Waals surface area contributed by atoms with Crippen molar-refractivity contribution >= 4 is 16.7 Å². The van der Waals surface area contributed by atoms with Crippen LogP contribution in [0.5, 0.6) is 0 Å². The van der Waals surface area contributed by atoms with E-state index in [1.165, 1.54) is 0 Å². The number of aryl methyl sites for hydroxylation is 1. The molecule has 0 aliphatic rings. The van der Waals surface area contributed by atoms with Gasteiger partial charge < -0.3 is 5.11 Å². The highest BCUT2D eigenvalue weighted by Crippen LogP contribution is 2.19. The molecule has 4 heteroatoms. The summed E-state index contributed by atoms with van der Waals surface area (Å²) in [4.78, 5) is 18.9. The van der Waals surface area contributed by atoms with Crippen molar-refractivity contribution < 1.29 is 9.90 Å². The van der Waals surface area contributed by atoms with Gasteiger partial charge in [-0.25, -0.2) is 0 Å². The maximum absolute atomic E-state index is 10.7. The summed E-state index contributed by atoms with van der Waals surface area (Å²) < 4.78 is 0.